The molecule has 4 aromatic rings. The van der Waals surface area contributed by atoms with Crippen LogP contribution >= 0.6 is 22.9 Å². The van der Waals surface area contributed by atoms with Crippen LogP contribution in [0.5, 0.6) is 5.75 Å². The van der Waals surface area contributed by atoms with Gasteiger partial charge in [-0.15, -0.1) is 11.3 Å². The summed E-state index contributed by atoms with van der Waals surface area (Å²) in [4.78, 5) is 29.8. The van der Waals surface area contributed by atoms with Gasteiger partial charge in [0.25, 0.3) is 5.91 Å². The van der Waals surface area contributed by atoms with Crippen molar-refractivity contribution in [1.29, 1.82) is 0 Å². The lowest BCUT2D eigenvalue weighted by molar-refractivity contribution is 0.101. The monoisotopic (exact) mass is 464 g/mol. The molecule has 9 heteroatoms. The average Bonchev–Trinajstić information content (AvgIpc) is 3.43. The standard InChI is InChI=1S/C23H17ClN4O3S/c1-13-10-19(29)21(27-28(13)17-5-3-16(24)4-6-17)22(30)26-23-25-18(12-32-23)14-2-7-20-15(11-14)8-9-31-20/h2-7,10-12H,8-9H2,1H3,(H,25,26,30). The van der Waals surface area contributed by atoms with Gasteiger partial charge < -0.3 is 4.74 Å². The van der Waals surface area contributed by atoms with E-state index in [1.54, 1.807) is 31.2 Å². The van der Waals surface area contributed by atoms with E-state index in [1.807, 2.05) is 17.5 Å². The second-order valence-corrected chi connectivity index (χ2v) is 8.59. The number of aryl methyl sites for hydroxylation is 1. The first-order valence-corrected chi connectivity index (χ1v) is 11.1. The molecule has 7 nitrogen and oxygen atoms in total. The lowest BCUT2D eigenvalue weighted by atomic mass is 10.1. The molecule has 1 amide bonds. The fourth-order valence-corrected chi connectivity index (χ4v) is 4.36. The van der Waals surface area contributed by atoms with Crippen molar-refractivity contribution < 1.29 is 9.53 Å². The molecule has 1 aliphatic heterocycles. The van der Waals surface area contributed by atoms with E-state index in [0.717, 1.165) is 29.0 Å². The predicted molar refractivity (Wildman–Crippen MR) is 124 cm³/mol. The highest BCUT2D eigenvalue weighted by molar-refractivity contribution is 7.14. The maximum Gasteiger partial charge on any atom is 0.281 e. The first kappa shape index (κ1) is 20.4. The van der Waals surface area contributed by atoms with Crippen LogP contribution in [0.25, 0.3) is 16.9 Å². The zero-order chi connectivity index (χ0) is 22.2. The molecular weight excluding hydrogens is 448 g/mol. The van der Waals surface area contributed by atoms with E-state index in [1.165, 1.54) is 22.1 Å². The maximum atomic E-state index is 12.8. The number of amides is 1. The van der Waals surface area contributed by atoms with Gasteiger partial charge in [0.2, 0.25) is 5.43 Å². The van der Waals surface area contributed by atoms with Gasteiger partial charge in [-0.3, -0.25) is 14.9 Å². The van der Waals surface area contributed by atoms with Crippen LogP contribution in [0.15, 0.2) is 58.7 Å². The molecule has 0 fully saturated rings. The Kier molecular flexibility index (Phi) is 5.24. The molecule has 32 heavy (non-hydrogen) atoms. The summed E-state index contributed by atoms with van der Waals surface area (Å²) < 4.78 is 7.08. The Bertz CT molecular complexity index is 1400. The van der Waals surface area contributed by atoms with E-state index in [-0.39, 0.29) is 5.69 Å². The average molecular weight is 465 g/mol. The van der Waals surface area contributed by atoms with E-state index in [9.17, 15) is 9.59 Å². The van der Waals surface area contributed by atoms with Crippen LogP contribution in [0.4, 0.5) is 5.13 Å². The highest BCUT2D eigenvalue weighted by Crippen LogP contribution is 2.32. The summed E-state index contributed by atoms with van der Waals surface area (Å²) in [6.45, 7) is 2.44. The lowest BCUT2D eigenvalue weighted by Gasteiger charge is -2.11. The number of hydrogen-bond acceptors (Lipinski definition) is 6. The topological polar surface area (TPSA) is 86.1 Å². The summed E-state index contributed by atoms with van der Waals surface area (Å²) in [5, 5.41) is 9.82. The van der Waals surface area contributed by atoms with E-state index in [0.29, 0.717) is 28.1 Å². The summed E-state index contributed by atoms with van der Waals surface area (Å²) in [6, 6.07) is 14.3. The Hall–Kier alpha value is -3.49. The summed E-state index contributed by atoms with van der Waals surface area (Å²) >= 11 is 7.24. The van der Waals surface area contributed by atoms with Gasteiger partial charge in [0.1, 0.15) is 5.75 Å². The molecule has 0 unspecified atom stereocenters. The van der Waals surface area contributed by atoms with Crippen LogP contribution in [0, 0.1) is 6.92 Å². The van der Waals surface area contributed by atoms with Crippen molar-refractivity contribution in [2.75, 3.05) is 11.9 Å². The predicted octanol–water partition coefficient (Wildman–Crippen LogP) is 4.51. The summed E-state index contributed by atoms with van der Waals surface area (Å²) in [6.07, 6.45) is 0.871. The second-order valence-electron chi connectivity index (χ2n) is 7.30. The molecular formula is C23H17ClN4O3S. The van der Waals surface area contributed by atoms with Crippen molar-refractivity contribution in [1.82, 2.24) is 14.8 Å². The van der Waals surface area contributed by atoms with Gasteiger partial charge in [-0.1, -0.05) is 11.6 Å². The Balaban J connectivity index is 1.40. The molecule has 1 N–H and O–H groups in total. The number of fused-ring (bicyclic) bond motifs is 1. The molecule has 1 aliphatic rings. The van der Waals surface area contributed by atoms with Crippen molar-refractivity contribution in [3.05, 3.63) is 86.1 Å². The quantitative estimate of drug-likeness (QED) is 0.480. The number of thiazole rings is 1. The number of carbonyl (C=O) groups excluding carboxylic acids is 1. The summed E-state index contributed by atoms with van der Waals surface area (Å²) in [7, 11) is 0. The molecule has 0 aliphatic carbocycles. The van der Waals surface area contributed by atoms with E-state index in [2.05, 4.69) is 21.5 Å². The van der Waals surface area contributed by atoms with Crippen molar-refractivity contribution >= 4 is 34.0 Å². The molecule has 0 saturated carbocycles. The Morgan fingerprint density at radius 1 is 1.19 bits per heavy atom. The van der Waals surface area contributed by atoms with Crippen LogP contribution in [-0.2, 0) is 6.42 Å². The number of nitrogens with zero attached hydrogens (tertiary/aromatic N) is 3. The highest BCUT2D eigenvalue weighted by Gasteiger charge is 2.18. The smallest absolute Gasteiger partial charge is 0.281 e. The minimum absolute atomic E-state index is 0.211. The van der Waals surface area contributed by atoms with Gasteiger partial charge in [-0.25, -0.2) is 9.67 Å². The van der Waals surface area contributed by atoms with Gasteiger partial charge in [0.15, 0.2) is 10.8 Å². The molecule has 160 valence electrons. The fraction of sp³-hybridized carbons (Fsp3) is 0.130. The third-order valence-electron chi connectivity index (χ3n) is 5.10. The van der Waals surface area contributed by atoms with Crippen LogP contribution in [0.3, 0.4) is 0 Å². The number of aromatic nitrogens is 3. The number of anilines is 1. The van der Waals surface area contributed by atoms with Gasteiger partial charge in [0, 0.05) is 34.1 Å². The van der Waals surface area contributed by atoms with Gasteiger partial charge in [-0.2, -0.15) is 5.10 Å². The van der Waals surface area contributed by atoms with Crippen LogP contribution in [0.2, 0.25) is 5.02 Å². The maximum absolute atomic E-state index is 12.8. The number of hydrogen-bond donors (Lipinski definition) is 1. The lowest BCUT2D eigenvalue weighted by Crippen LogP contribution is -2.26. The fourth-order valence-electron chi connectivity index (χ4n) is 3.51. The molecule has 0 atom stereocenters. The molecule has 5 rings (SSSR count). The van der Waals surface area contributed by atoms with Crippen molar-refractivity contribution in [2.45, 2.75) is 13.3 Å². The molecule has 0 saturated heterocycles. The van der Waals surface area contributed by atoms with Crippen LogP contribution in [-0.4, -0.2) is 27.3 Å². The first-order valence-electron chi connectivity index (χ1n) is 9.88. The number of rotatable bonds is 4. The molecule has 0 bridgehead atoms. The first-order chi connectivity index (χ1) is 15.5. The number of benzene rings is 2. The van der Waals surface area contributed by atoms with Crippen molar-refractivity contribution in [3.63, 3.8) is 0 Å². The summed E-state index contributed by atoms with van der Waals surface area (Å²) in [5.41, 5.74) is 3.47. The Labute approximate surface area is 192 Å². The molecule has 0 spiro atoms. The molecule has 0 radical (unpaired) electrons. The van der Waals surface area contributed by atoms with Crippen molar-refractivity contribution in [2.24, 2.45) is 0 Å². The van der Waals surface area contributed by atoms with E-state index < -0.39 is 11.3 Å². The molecule has 2 aromatic carbocycles. The number of ether oxygens (including phenoxy) is 1. The minimum atomic E-state index is -0.610. The Morgan fingerprint density at radius 3 is 2.81 bits per heavy atom. The third kappa shape index (κ3) is 3.90. The Morgan fingerprint density at radius 2 is 2.00 bits per heavy atom. The molecule has 2 aromatic heterocycles. The third-order valence-corrected chi connectivity index (χ3v) is 6.11. The number of halogens is 1. The zero-order valence-corrected chi connectivity index (χ0v) is 18.5. The van der Waals surface area contributed by atoms with Gasteiger partial charge in [0.05, 0.1) is 18.0 Å². The SMILES string of the molecule is Cc1cc(=O)c(C(=O)Nc2nc(-c3ccc4c(c3)CCO4)cs2)nn1-c1ccc(Cl)cc1. The van der Waals surface area contributed by atoms with Gasteiger partial charge >= 0.3 is 0 Å². The van der Waals surface area contributed by atoms with Crippen molar-refractivity contribution in [3.8, 4) is 22.7 Å². The normalized spacial score (nSPS) is 12.3. The highest BCUT2D eigenvalue weighted by atomic mass is 35.5. The number of carbonyl (C=O) groups is 1. The summed E-state index contributed by atoms with van der Waals surface area (Å²) in [5.74, 6) is 0.292. The zero-order valence-electron chi connectivity index (χ0n) is 17.0. The largest absolute Gasteiger partial charge is 0.493 e. The van der Waals surface area contributed by atoms with Crippen LogP contribution < -0.4 is 15.5 Å². The number of nitrogens with one attached hydrogen (secondary N) is 1. The van der Waals surface area contributed by atoms with Gasteiger partial charge in [-0.05, 0) is 55.0 Å². The molecule has 3 heterocycles. The van der Waals surface area contributed by atoms with Crippen LogP contribution in [0.1, 0.15) is 21.7 Å². The van der Waals surface area contributed by atoms with E-state index in [4.69, 9.17) is 16.3 Å². The van der Waals surface area contributed by atoms with E-state index >= 15 is 0 Å². The second kappa shape index (κ2) is 8.22. The minimum Gasteiger partial charge on any atom is -0.493 e.